The van der Waals surface area contributed by atoms with E-state index in [-0.39, 0.29) is 5.91 Å². The smallest absolute Gasteiger partial charge is 0.230 e. The van der Waals surface area contributed by atoms with Gasteiger partial charge in [-0.3, -0.25) is 9.79 Å². The molecule has 18 heavy (non-hydrogen) atoms. The predicted octanol–water partition coefficient (Wildman–Crippen LogP) is 1.93. The maximum Gasteiger partial charge on any atom is 0.230 e. The van der Waals surface area contributed by atoms with Crippen LogP contribution in [0.4, 0.5) is 0 Å². The van der Waals surface area contributed by atoms with Gasteiger partial charge in [-0.05, 0) is 23.1 Å². The molecule has 0 aliphatic carbocycles. The number of hydrogen-bond acceptors (Lipinski definition) is 3. The normalized spacial score (nSPS) is 14.8. The van der Waals surface area contributed by atoms with Gasteiger partial charge >= 0.3 is 0 Å². The molecule has 2 aromatic rings. The summed E-state index contributed by atoms with van der Waals surface area (Å²) in [6.07, 6.45) is 2.28. The van der Waals surface area contributed by atoms with Gasteiger partial charge in [0.25, 0.3) is 0 Å². The number of thioether (sulfide) groups is 1. The molecule has 0 unspecified atom stereocenters. The molecule has 92 valence electrons. The van der Waals surface area contributed by atoms with E-state index in [1.54, 1.807) is 11.8 Å². The first-order valence-corrected chi connectivity index (χ1v) is 6.83. The van der Waals surface area contributed by atoms with E-state index in [0.717, 1.165) is 33.9 Å². The number of fused-ring (bicyclic) bond motifs is 1. The molecule has 3 rings (SSSR count). The number of H-pyrrole nitrogens is 1. The van der Waals surface area contributed by atoms with Crippen LogP contribution >= 0.6 is 11.8 Å². The molecule has 0 saturated heterocycles. The number of hydrogen-bond donors (Lipinski definition) is 2. The quantitative estimate of drug-likeness (QED) is 0.865. The van der Waals surface area contributed by atoms with Gasteiger partial charge < -0.3 is 10.3 Å². The van der Waals surface area contributed by atoms with Crippen molar-refractivity contribution in [2.75, 3.05) is 12.3 Å². The molecule has 4 nitrogen and oxygen atoms in total. The van der Waals surface area contributed by atoms with Crippen LogP contribution in [0, 0.1) is 0 Å². The van der Waals surface area contributed by atoms with Crippen LogP contribution in [-0.4, -0.2) is 28.4 Å². The number of nitrogens with zero attached hydrogens (tertiary/aromatic N) is 1. The van der Waals surface area contributed by atoms with Crippen molar-refractivity contribution in [1.29, 1.82) is 0 Å². The third-order valence-electron chi connectivity index (χ3n) is 2.82. The Labute approximate surface area is 109 Å². The molecule has 5 heteroatoms. The Morgan fingerprint density at radius 3 is 3.22 bits per heavy atom. The first-order chi connectivity index (χ1) is 8.81. The fourth-order valence-electron chi connectivity index (χ4n) is 1.96. The van der Waals surface area contributed by atoms with E-state index in [4.69, 9.17) is 0 Å². The number of carbonyl (C=O) groups is 1. The molecular weight excluding hydrogens is 246 g/mol. The topological polar surface area (TPSA) is 57.2 Å². The Kier molecular flexibility index (Phi) is 3.06. The van der Waals surface area contributed by atoms with Crippen molar-refractivity contribution in [3.05, 3.63) is 36.0 Å². The van der Waals surface area contributed by atoms with Crippen molar-refractivity contribution >= 4 is 33.7 Å². The SMILES string of the molecule is O=C(Cc1ccc2cc[nH]c2c1)NC1=NCCS1. The van der Waals surface area contributed by atoms with E-state index < -0.39 is 0 Å². The fraction of sp³-hybridized carbons (Fsp3) is 0.231. The zero-order chi connectivity index (χ0) is 12.4. The summed E-state index contributed by atoms with van der Waals surface area (Å²) in [5.41, 5.74) is 2.07. The summed E-state index contributed by atoms with van der Waals surface area (Å²) < 4.78 is 0. The predicted molar refractivity (Wildman–Crippen MR) is 74.9 cm³/mol. The summed E-state index contributed by atoms with van der Waals surface area (Å²) in [6, 6.07) is 8.04. The summed E-state index contributed by atoms with van der Waals surface area (Å²) in [6.45, 7) is 0.800. The van der Waals surface area contributed by atoms with Crippen molar-refractivity contribution in [1.82, 2.24) is 10.3 Å². The molecule has 0 radical (unpaired) electrons. The molecule has 2 heterocycles. The third kappa shape index (κ3) is 2.41. The zero-order valence-electron chi connectivity index (χ0n) is 9.77. The number of carbonyl (C=O) groups excluding carboxylic acids is 1. The second-order valence-corrected chi connectivity index (χ2v) is 5.24. The largest absolute Gasteiger partial charge is 0.361 e. The molecule has 0 spiro atoms. The van der Waals surface area contributed by atoms with Gasteiger partial charge in [-0.2, -0.15) is 0 Å². The Hall–Kier alpha value is -1.75. The van der Waals surface area contributed by atoms with E-state index in [1.165, 1.54) is 0 Å². The van der Waals surface area contributed by atoms with E-state index in [1.807, 2.05) is 30.5 Å². The van der Waals surface area contributed by atoms with Crippen molar-refractivity contribution in [3.8, 4) is 0 Å². The molecule has 0 fully saturated rings. The fourth-order valence-corrected chi connectivity index (χ4v) is 2.71. The van der Waals surface area contributed by atoms with Crippen LogP contribution in [0.15, 0.2) is 35.5 Å². The van der Waals surface area contributed by atoms with Gasteiger partial charge in [0, 0.05) is 17.5 Å². The lowest BCUT2D eigenvalue weighted by Gasteiger charge is -2.04. The van der Waals surface area contributed by atoms with E-state index in [9.17, 15) is 4.79 Å². The third-order valence-corrected chi connectivity index (χ3v) is 3.71. The second kappa shape index (κ2) is 4.86. The van der Waals surface area contributed by atoms with Gasteiger partial charge in [0.15, 0.2) is 5.17 Å². The molecule has 1 aliphatic rings. The van der Waals surface area contributed by atoms with Crippen molar-refractivity contribution in [2.45, 2.75) is 6.42 Å². The van der Waals surface area contributed by atoms with Crippen molar-refractivity contribution < 1.29 is 4.79 Å². The summed E-state index contributed by atoms with van der Waals surface area (Å²) in [7, 11) is 0. The van der Waals surface area contributed by atoms with Crippen LogP contribution in [0.1, 0.15) is 5.56 Å². The maximum absolute atomic E-state index is 11.8. The number of benzene rings is 1. The minimum atomic E-state index is -0.00550. The highest BCUT2D eigenvalue weighted by molar-refractivity contribution is 8.14. The lowest BCUT2D eigenvalue weighted by atomic mass is 10.1. The molecule has 1 aromatic heterocycles. The number of nitrogens with one attached hydrogen (secondary N) is 2. The number of amidine groups is 1. The molecule has 1 aliphatic heterocycles. The minimum absolute atomic E-state index is 0.00550. The Bertz CT molecular complexity index is 617. The van der Waals surface area contributed by atoms with Crippen LogP contribution < -0.4 is 5.32 Å². The molecule has 2 N–H and O–H groups in total. The van der Waals surface area contributed by atoms with Gasteiger partial charge in [0.2, 0.25) is 5.91 Å². The Morgan fingerprint density at radius 2 is 2.39 bits per heavy atom. The summed E-state index contributed by atoms with van der Waals surface area (Å²) in [5, 5.41) is 4.75. The number of aliphatic imine (C=N–C) groups is 1. The average Bonchev–Trinajstić information content (AvgIpc) is 2.98. The average molecular weight is 259 g/mol. The van der Waals surface area contributed by atoms with Gasteiger partial charge in [0.05, 0.1) is 13.0 Å². The van der Waals surface area contributed by atoms with E-state index in [2.05, 4.69) is 15.3 Å². The second-order valence-electron chi connectivity index (χ2n) is 4.16. The number of aromatic amines is 1. The molecule has 1 aromatic carbocycles. The molecule has 0 atom stereocenters. The van der Waals surface area contributed by atoms with Crippen LogP contribution in [0.5, 0.6) is 0 Å². The highest BCUT2D eigenvalue weighted by Gasteiger charge is 2.11. The van der Waals surface area contributed by atoms with Crippen LogP contribution in [0.2, 0.25) is 0 Å². The highest BCUT2D eigenvalue weighted by atomic mass is 32.2. The van der Waals surface area contributed by atoms with Crippen molar-refractivity contribution in [3.63, 3.8) is 0 Å². The molecule has 1 amide bonds. The van der Waals surface area contributed by atoms with Crippen molar-refractivity contribution in [2.24, 2.45) is 4.99 Å². The first-order valence-electron chi connectivity index (χ1n) is 5.84. The lowest BCUT2D eigenvalue weighted by molar-refractivity contribution is -0.119. The minimum Gasteiger partial charge on any atom is -0.361 e. The highest BCUT2D eigenvalue weighted by Crippen LogP contribution is 2.15. The number of aromatic nitrogens is 1. The van der Waals surface area contributed by atoms with Crippen LogP contribution in [-0.2, 0) is 11.2 Å². The monoisotopic (exact) mass is 259 g/mol. The lowest BCUT2D eigenvalue weighted by Crippen LogP contribution is -2.28. The van der Waals surface area contributed by atoms with Gasteiger partial charge in [-0.1, -0.05) is 23.9 Å². The van der Waals surface area contributed by atoms with Gasteiger partial charge in [0.1, 0.15) is 0 Å². The summed E-state index contributed by atoms with van der Waals surface area (Å²) in [5.74, 6) is 0.957. The van der Waals surface area contributed by atoms with E-state index in [0.29, 0.717) is 6.42 Å². The summed E-state index contributed by atoms with van der Waals surface area (Å²) >= 11 is 1.60. The van der Waals surface area contributed by atoms with Gasteiger partial charge in [-0.25, -0.2) is 0 Å². The maximum atomic E-state index is 11.8. The number of rotatable bonds is 2. The summed E-state index contributed by atoms with van der Waals surface area (Å²) in [4.78, 5) is 19.2. The zero-order valence-corrected chi connectivity index (χ0v) is 10.6. The Balaban J connectivity index is 1.69. The molecular formula is C13H13N3OS. The molecule has 0 bridgehead atoms. The Morgan fingerprint density at radius 1 is 1.44 bits per heavy atom. The first kappa shape index (κ1) is 11.3. The van der Waals surface area contributed by atoms with E-state index >= 15 is 0 Å². The number of amides is 1. The van der Waals surface area contributed by atoms with Gasteiger partial charge in [-0.15, -0.1) is 0 Å². The van der Waals surface area contributed by atoms with Crippen LogP contribution in [0.3, 0.4) is 0 Å². The standard InChI is InChI=1S/C13H13N3OS/c17-12(16-13-15-5-6-18-13)8-9-1-2-10-3-4-14-11(10)7-9/h1-4,7,14H,5-6,8H2,(H,15,16,17). The molecule has 0 saturated carbocycles. The van der Waals surface area contributed by atoms with Crippen LogP contribution in [0.25, 0.3) is 10.9 Å².